The molecule has 11 heteroatoms. The number of rotatable bonds is 12. The molecule has 0 aromatic heterocycles. The molecule has 42 heavy (non-hydrogen) atoms. The number of nitrogens with one attached hydrogen (secondary N) is 2. The zero-order valence-corrected chi connectivity index (χ0v) is 24.9. The van der Waals surface area contributed by atoms with Gasteiger partial charge in [0.1, 0.15) is 11.5 Å². The second-order valence-electron chi connectivity index (χ2n) is 10.5. The number of nitrogens with zero attached hydrogens (tertiary/aromatic N) is 2. The number of para-hydroxylation sites is 1. The molecule has 224 valence electrons. The molecule has 0 atom stereocenters. The number of amides is 3. The van der Waals surface area contributed by atoms with Crippen molar-refractivity contribution in [3.05, 3.63) is 83.9 Å². The van der Waals surface area contributed by atoms with Gasteiger partial charge in [-0.3, -0.25) is 14.4 Å². The highest BCUT2D eigenvalue weighted by Crippen LogP contribution is 2.25. The lowest BCUT2D eigenvalue weighted by Gasteiger charge is -2.38. The van der Waals surface area contributed by atoms with Gasteiger partial charge in [0.25, 0.3) is 5.91 Å². The maximum absolute atomic E-state index is 13.3. The van der Waals surface area contributed by atoms with Crippen LogP contribution in [0.4, 0.5) is 16.2 Å². The Hall–Kier alpha value is -4.09. The van der Waals surface area contributed by atoms with Crippen LogP contribution in [0.5, 0.6) is 11.5 Å². The molecule has 0 bridgehead atoms. The van der Waals surface area contributed by atoms with Gasteiger partial charge in [-0.2, -0.15) is 0 Å². The maximum atomic E-state index is 13.3. The average molecular weight is 594 g/mol. The summed E-state index contributed by atoms with van der Waals surface area (Å²) in [5, 5.41) is 2.92. The van der Waals surface area contributed by atoms with Crippen molar-refractivity contribution in [3.63, 3.8) is 0 Å². The van der Waals surface area contributed by atoms with Crippen LogP contribution >= 0.6 is 0 Å². The third kappa shape index (κ3) is 8.95. The van der Waals surface area contributed by atoms with Crippen LogP contribution in [0.3, 0.4) is 0 Å². The van der Waals surface area contributed by atoms with Gasteiger partial charge in [-0.15, -0.1) is 0 Å². The summed E-state index contributed by atoms with van der Waals surface area (Å²) in [6.45, 7) is 5.29. The minimum Gasteiger partial charge on any atom is -0.457 e. The highest BCUT2D eigenvalue weighted by atomic mass is 32.2. The molecule has 0 saturated carbocycles. The van der Waals surface area contributed by atoms with Gasteiger partial charge in [0.05, 0.1) is 17.5 Å². The van der Waals surface area contributed by atoms with Crippen LogP contribution in [0, 0.1) is 0 Å². The van der Waals surface area contributed by atoms with E-state index in [1.165, 1.54) is 0 Å². The van der Waals surface area contributed by atoms with Crippen molar-refractivity contribution < 1.29 is 22.7 Å². The van der Waals surface area contributed by atoms with Crippen molar-refractivity contribution >= 4 is 33.3 Å². The third-order valence-corrected chi connectivity index (χ3v) is 7.77. The number of carbonyl (C=O) groups excluding carboxylic acids is 2. The Morgan fingerprint density at radius 1 is 0.976 bits per heavy atom. The summed E-state index contributed by atoms with van der Waals surface area (Å²) in [6.07, 6.45) is 4.71. The number of primary amides is 1. The number of unbranched alkanes of at least 4 members (excludes halogenated alkanes) is 1. The summed E-state index contributed by atoms with van der Waals surface area (Å²) in [5.41, 5.74) is 7.87. The number of piperidine rings is 1. The first-order valence-corrected chi connectivity index (χ1v) is 16.0. The molecule has 0 unspecified atom stereocenters. The Morgan fingerprint density at radius 2 is 1.60 bits per heavy atom. The summed E-state index contributed by atoms with van der Waals surface area (Å²) in [7, 11) is -3.33. The summed E-state index contributed by atoms with van der Waals surface area (Å²) >= 11 is 0. The molecule has 4 N–H and O–H groups in total. The Bertz CT molecular complexity index is 1450. The van der Waals surface area contributed by atoms with Crippen LogP contribution in [-0.4, -0.2) is 62.1 Å². The summed E-state index contributed by atoms with van der Waals surface area (Å²) < 4.78 is 31.1. The lowest BCUT2D eigenvalue weighted by atomic mass is 10.0. The number of urea groups is 1. The second-order valence-corrected chi connectivity index (χ2v) is 12.3. The van der Waals surface area contributed by atoms with E-state index in [1.807, 2.05) is 29.2 Å². The quantitative estimate of drug-likeness (QED) is 0.263. The normalized spacial score (nSPS) is 14.2. The van der Waals surface area contributed by atoms with Gasteiger partial charge in [-0.1, -0.05) is 37.6 Å². The second kappa shape index (κ2) is 14.2. The van der Waals surface area contributed by atoms with E-state index in [9.17, 15) is 18.0 Å². The van der Waals surface area contributed by atoms with E-state index >= 15 is 0 Å². The molecule has 1 saturated heterocycles. The molecule has 1 aliphatic heterocycles. The van der Waals surface area contributed by atoms with Crippen molar-refractivity contribution in [2.24, 2.45) is 5.73 Å². The van der Waals surface area contributed by atoms with E-state index in [1.54, 1.807) is 48.5 Å². The summed E-state index contributed by atoms with van der Waals surface area (Å²) in [5.74, 6) is 0.729. The van der Waals surface area contributed by atoms with Crippen LogP contribution in [0.2, 0.25) is 0 Å². The molecule has 1 heterocycles. The minimum atomic E-state index is -3.33. The fourth-order valence-corrected chi connectivity index (χ4v) is 5.59. The highest BCUT2D eigenvalue weighted by Gasteiger charge is 2.28. The van der Waals surface area contributed by atoms with Crippen molar-refractivity contribution in [2.45, 2.75) is 45.2 Å². The van der Waals surface area contributed by atoms with E-state index < -0.39 is 15.9 Å². The number of nitrogens with two attached hydrogens (primary N) is 1. The van der Waals surface area contributed by atoms with E-state index in [-0.39, 0.29) is 12.1 Å². The van der Waals surface area contributed by atoms with Gasteiger partial charge < -0.3 is 20.7 Å². The SMILES string of the molecule is CCCCN(C(=O)Nc1ccccc1C(N)=O)C1CCN(Cc2ccc(Oc3ccc(NS(C)(=O)=O)cc3)cc2)CC1. The van der Waals surface area contributed by atoms with Crippen molar-refractivity contribution in [1.29, 1.82) is 0 Å². The van der Waals surface area contributed by atoms with Crippen LogP contribution in [0.25, 0.3) is 0 Å². The van der Waals surface area contributed by atoms with Crippen LogP contribution in [0.15, 0.2) is 72.8 Å². The van der Waals surface area contributed by atoms with Gasteiger partial charge in [0.2, 0.25) is 10.0 Å². The zero-order valence-electron chi connectivity index (χ0n) is 24.1. The number of sulfonamides is 1. The lowest BCUT2D eigenvalue weighted by molar-refractivity contribution is 0.100. The summed E-state index contributed by atoms with van der Waals surface area (Å²) in [6, 6.07) is 21.4. The van der Waals surface area contributed by atoms with Crippen molar-refractivity contribution in [1.82, 2.24) is 9.80 Å². The van der Waals surface area contributed by atoms with E-state index in [0.717, 1.165) is 57.1 Å². The zero-order chi connectivity index (χ0) is 30.1. The number of benzene rings is 3. The third-order valence-electron chi connectivity index (χ3n) is 7.17. The van der Waals surface area contributed by atoms with Gasteiger partial charge in [0.15, 0.2) is 0 Å². The topological polar surface area (TPSA) is 134 Å². The standard InChI is InChI=1S/C31H39N5O5S/c1-3-4-19-36(31(38)33-29-8-6-5-7-28(29)30(32)37)25-17-20-35(21-18-25)22-23-9-13-26(14-10-23)41-27-15-11-24(12-16-27)34-42(2,39)40/h5-16,25,34H,3-4,17-22H2,1-2H3,(H2,32,37)(H,33,38). The number of likely N-dealkylation sites (tertiary alicyclic amines) is 1. The first kappa shape index (κ1) is 30.9. The number of hydrogen-bond acceptors (Lipinski definition) is 6. The average Bonchev–Trinajstić information content (AvgIpc) is 2.95. The molecular weight excluding hydrogens is 554 g/mol. The fraction of sp³-hybridized carbons (Fsp3) is 0.355. The number of ether oxygens (including phenoxy) is 1. The molecule has 4 rings (SSSR count). The maximum Gasteiger partial charge on any atom is 0.322 e. The Labute approximate surface area is 247 Å². The predicted molar refractivity (Wildman–Crippen MR) is 165 cm³/mol. The molecule has 0 aliphatic carbocycles. The Balaban J connectivity index is 1.30. The van der Waals surface area contributed by atoms with Gasteiger partial charge in [-0.05, 0) is 73.4 Å². The molecule has 1 aliphatic rings. The van der Waals surface area contributed by atoms with E-state index in [0.29, 0.717) is 35.0 Å². The van der Waals surface area contributed by atoms with Gasteiger partial charge >= 0.3 is 6.03 Å². The van der Waals surface area contributed by atoms with Crippen LogP contribution in [-0.2, 0) is 16.6 Å². The van der Waals surface area contributed by atoms with E-state index in [4.69, 9.17) is 10.5 Å². The van der Waals surface area contributed by atoms with Gasteiger partial charge in [-0.25, -0.2) is 13.2 Å². The molecular formula is C31H39N5O5S. The first-order valence-electron chi connectivity index (χ1n) is 14.1. The molecule has 0 radical (unpaired) electrons. The first-order chi connectivity index (χ1) is 20.1. The van der Waals surface area contributed by atoms with Gasteiger partial charge in [0, 0.05) is 37.9 Å². The lowest BCUT2D eigenvalue weighted by Crippen LogP contribution is -2.49. The smallest absolute Gasteiger partial charge is 0.322 e. The number of carbonyl (C=O) groups is 2. The molecule has 3 aromatic rings. The monoisotopic (exact) mass is 593 g/mol. The van der Waals surface area contributed by atoms with E-state index in [2.05, 4.69) is 21.9 Å². The fourth-order valence-electron chi connectivity index (χ4n) is 5.02. The minimum absolute atomic E-state index is 0.114. The van der Waals surface area contributed by atoms with Crippen LogP contribution < -0.4 is 20.5 Å². The largest absolute Gasteiger partial charge is 0.457 e. The molecule has 3 amide bonds. The summed E-state index contributed by atoms with van der Waals surface area (Å²) in [4.78, 5) is 29.4. The van der Waals surface area contributed by atoms with Crippen molar-refractivity contribution in [3.8, 4) is 11.5 Å². The Morgan fingerprint density at radius 3 is 2.19 bits per heavy atom. The Kier molecular flexibility index (Phi) is 10.4. The molecule has 1 fully saturated rings. The molecule has 10 nitrogen and oxygen atoms in total. The van der Waals surface area contributed by atoms with Crippen LogP contribution in [0.1, 0.15) is 48.5 Å². The predicted octanol–water partition coefficient (Wildman–Crippen LogP) is 5.25. The van der Waals surface area contributed by atoms with Crippen molar-refractivity contribution in [2.75, 3.05) is 35.9 Å². The molecule has 0 spiro atoms. The highest BCUT2D eigenvalue weighted by molar-refractivity contribution is 7.92. The number of hydrogen-bond donors (Lipinski definition) is 3. The number of anilines is 2. The molecule has 3 aromatic carbocycles.